The number of nitrogens with one attached hydrogen (secondary N) is 3. The molecule has 228 valence electrons. The van der Waals surface area contributed by atoms with E-state index in [1.807, 2.05) is 12.1 Å². The lowest BCUT2D eigenvalue weighted by atomic mass is 10.0. The predicted molar refractivity (Wildman–Crippen MR) is 173 cm³/mol. The van der Waals surface area contributed by atoms with Gasteiger partial charge in [-0.15, -0.1) is 0 Å². The van der Waals surface area contributed by atoms with E-state index in [2.05, 4.69) is 35.5 Å². The fraction of sp³-hybridized carbons (Fsp3) is 0.0909. The molecule has 11 nitrogen and oxygen atoms in total. The van der Waals surface area contributed by atoms with Crippen molar-refractivity contribution in [3.63, 3.8) is 0 Å². The molecule has 0 radical (unpaired) electrons. The van der Waals surface area contributed by atoms with Gasteiger partial charge in [0.25, 0.3) is 5.91 Å². The molecule has 1 amide bonds. The van der Waals surface area contributed by atoms with Crippen molar-refractivity contribution in [2.75, 3.05) is 17.3 Å². The number of carbonyl (C=O) groups is 1. The van der Waals surface area contributed by atoms with Crippen LogP contribution < -0.4 is 5.32 Å². The molecule has 0 aliphatic carbocycles. The Kier molecular flexibility index (Phi) is 7.29. The van der Waals surface area contributed by atoms with E-state index in [1.165, 1.54) is 12.1 Å². The number of hydrogen-bond donors (Lipinski definition) is 3. The predicted octanol–water partition coefficient (Wildman–Crippen LogP) is 5.60. The van der Waals surface area contributed by atoms with E-state index < -0.39 is 15.7 Å². The molecular formula is C33H25FN8O3S. The average molecular weight is 633 g/mol. The maximum Gasteiger partial charge on any atom is 0.255 e. The average Bonchev–Trinajstić information content (AvgIpc) is 3.68. The number of amides is 1. The minimum atomic E-state index is -3.21. The molecule has 46 heavy (non-hydrogen) atoms. The number of nitrogens with zero attached hydrogens (tertiary/aromatic N) is 5. The van der Waals surface area contributed by atoms with E-state index in [4.69, 9.17) is 4.98 Å². The third-order valence-electron chi connectivity index (χ3n) is 7.41. The smallest absolute Gasteiger partial charge is 0.255 e. The van der Waals surface area contributed by atoms with Crippen LogP contribution in [-0.4, -0.2) is 61.5 Å². The molecule has 7 rings (SSSR count). The van der Waals surface area contributed by atoms with Crippen molar-refractivity contribution in [3.05, 3.63) is 108 Å². The summed E-state index contributed by atoms with van der Waals surface area (Å²) >= 11 is 0. The molecule has 7 aromatic rings. The lowest BCUT2D eigenvalue weighted by Crippen LogP contribution is -2.11. The van der Waals surface area contributed by atoms with Gasteiger partial charge in [0, 0.05) is 40.7 Å². The van der Waals surface area contributed by atoms with E-state index in [-0.39, 0.29) is 18.1 Å². The van der Waals surface area contributed by atoms with Gasteiger partial charge in [-0.2, -0.15) is 5.10 Å². The summed E-state index contributed by atoms with van der Waals surface area (Å²) in [5.74, 6) is -0.367. The van der Waals surface area contributed by atoms with Crippen molar-refractivity contribution in [2.24, 2.45) is 0 Å². The summed E-state index contributed by atoms with van der Waals surface area (Å²) in [5, 5.41) is 11.1. The molecule has 0 spiro atoms. The number of hydrogen-bond acceptors (Lipinski definition) is 8. The molecule has 0 atom stereocenters. The molecular weight excluding hydrogens is 607 g/mol. The zero-order valence-corrected chi connectivity index (χ0v) is 25.1. The Morgan fingerprint density at radius 2 is 1.80 bits per heavy atom. The standard InChI is InChI=1S/C33H25FN8O3S/c1-46(44,45)10-8-19-11-21(13-23(34)12-19)25-7-9-36-31-29(25)39-32(40-31)30-26-15-27(37-18-28(26)41-42-30)22-14-24(17-35-16-22)38-33(43)20-5-3-2-4-6-20/h2-7,9,11-18H,8,10H2,1H3,(H,38,43)(H,41,42)(H,36,39,40). The first kappa shape index (κ1) is 28.9. The second-order valence-electron chi connectivity index (χ2n) is 10.8. The van der Waals surface area contributed by atoms with Crippen LogP contribution in [0.2, 0.25) is 0 Å². The quantitative estimate of drug-likeness (QED) is 0.195. The largest absolute Gasteiger partial charge is 0.321 e. The van der Waals surface area contributed by atoms with Crippen molar-refractivity contribution in [1.29, 1.82) is 0 Å². The molecule has 5 heterocycles. The highest BCUT2D eigenvalue weighted by Gasteiger charge is 2.18. The maximum absolute atomic E-state index is 14.6. The summed E-state index contributed by atoms with van der Waals surface area (Å²) in [6.07, 6.45) is 7.83. The van der Waals surface area contributed by atoms with Crippen LogP contribution in [0.25, 0.3) is 56.0 Å². The van der Waals surface area contributed by atoms with Gasteiger partial charge in [0.15, 0.2) is 11.5 Å². The summed E-state index contributed by atoms with van der Waals surface area (Å²) in [7, 11) is -3.21. The SMILES string of the molecule is CS(=O)(=O)CCc1cc(F)cc(-c2ccnc3[nH]c(-c4n[nH]c5cnc(-c6cncc(NC(=O)c7ccccc7)c6)cc45)nc23)c1. The second-order valence-corrected chi connectivity index (χ2v) is 13.1. The molecule has 3 N–H and O–H groups in total. The van der Waals surface area contributed by atoms with Gasteiger partial charge < -0.3 is 10.3 Å². The number of sulfone groups is 1. The minimum absolute atomic E-state index is 0.0834. The van der Waals surface area contributed by atoms with Gasteiger partial charge in [0.05, 0.1) is 35.0 Å². The summed E-state index contributed by atoms with van der Waals surface area (Å²) in [4.78, 5) is 34.0. The number of rotatable bonds is 8. The fourth-order valence-electron chi connectivity index (χ4n) is 5.21. The van der Waals surface area contributed by atoms with Gasteiger partial charge in [-0.1, -0.05) is 24.3 Å². The number of pyridine rings is 3. The van der Waals surface area contributed by atoms with E-state index >= 15 is 0 Å². The summed E-state index contributed by atoms with van der Waals surface area (Å²) in [6.45, 7) is 0. The second kappa shape index (κ2) is 11.6. The summed E-state index contributed by atoms with van der Waals surface area (Å²) in [6, 6.07) is 18.8. The molecule has 0 bridgehead atoms. The number of carbonyl (C=O) groups excluding carboxylic acids is 1. The normalized spacial score (nSPS) is 11.7. The minimum Gasteiger partial charge on any atom is -0.321 e. The van der Waals surface area contributed by atoms with Crippen LogP contribution in [0, 0.1) is 5.82 Å². The zero-order chi connectivity index (χ0) is 31.8. The molecule has 0 aliphatic heterocycles. The maximum atomic E-state index is 14.6. The van der Waals surface area contributed by atoms with Gasteiger partial charge in [0.2, 0.25) is 0 Å². The Morgan fingerprint density at radius 3 is 2.63 bits per heavy atom. The van der Waals surface area contributed by atoms with E-state index in [0.29, 0.717) is 67.4 Å². The van der Waals surface area contributed by atoms with Crippen molar-refractivity contribution in [3.8, 4) is 33.9 Å². The van der Waals surface area contributed by atoms with E-state index in [9.17, 15) is 17.6 Å². The molecule has 0 saturated carbocycles. The number of anilines is 1. The highest BCUT2D eigenvalue weighted by Crippen LogP contribution is 2.33. The number of aromatic amines is 2. The first-order valence-corrected chi connectivity index (χ1v) is 16.2. The lowest BCUT2D eigenvalue weighted by Gasteiger charge is -2.07. The fourth-order valence-corrected chi connectivity index (χ4v) is 5.81. The number of halogens is 1. The number of benzene rings is 2. The van der Waals surface area contributed by atoms with Crippen LogP contribution in [0.4, 0.5) is 10.1 Å². The lowest BCUT2D eigenvalue weighted by molar-refractivity contribution is 0.102. The van der Waals surface area contributed by atoms with Crippen molar-refractivity contribution in [1.82, 2.24) is 35.1 Å². The van der Waals surface area contributed by atoms with Crippen molar-refractivity contribution >= 4 is 43.5 Å². The van der Waals surface area contributed by atoms with Gasteiger partial charge in [-0.05, 0) is 60.0 Å². The molecule has 0 saturated heterocycles. The van der Waals surface area contributed by atoms with Crippen LogP contribution in [0.5, 0.6) is 0 Å². The van der Waals surface area contributed by atoms with Crippen LogP contribution in [-0.2, 0) is 16.3 Å². The van der Waals surface area contributed by atoms with E-state index in [0.717, 1.165) is 11.6 Å². The van der Waals surface area contributed by atoms with Gasteiger partial charge in [0.1, 0.15) is 26.9 Å². The van der Waals surface area contributed by atoms with Gasteiger partial charge in [-0.25, -0.2) is 22.8 Å². The number of imidazole rings is 1. The van der Waals surface area contributed by atoms with Crippen LogP contribution in [0.1, 0.15) is 15.9 Å². The third-order valence-corrected chi connectivity index (χ3v) is 8.36. The molecule has 2 aromatic carbocycles. The molecule has 0 fully saturated rings. The number of fused-ring (bicyclic) bond motifs is 2. The summed E-state index contributed by atoms with van der Waals surface area (Å²) < 4.78 is 38.0. The first-order valence-electron chi connectivity index (χ1n) is 14.2. The molecule has 13 heteroatoms. The van der Waals surface area contributed by atoms with Crippen LogP contribution >= 0.6 is 0 Å². The molecule has 0 unspecified atom stereocenters. The molecule has 0 aliphatic rings. The third kappa shape index (κ3) is 5.95. The number of aryl methyl sites for hydroxylation is 1. The monoisotopic (exact) mass is 632 g/mol. The Hall–Kier alpha value is -5.82. The highest BCUT2D eigenvalue weighted by molar-refractivity contribution is 7.90. The van der Waals surface area contributed by atoms with Crippen molar-refractivity contribution < 1.29 is 17.6 Å². The first-order chi connectivity index (χ1) is 22.2. The Balaban J connectivity index is 1.22. The van der Waals surface area contributed by atoms with Crippen LogP contribution in [0.15, 0.2) is 91.5 Å². The topological polar surface area (TPSA) is 159 Å². The Bertz CT molecular complexity index is 2370. The number of aromatic nitrogens is 7. The van der Waals surface area contributed by atoms with E-state index in [1.54, 1.807) is 67.3 Å². The van der Waals surface area contributed by atoms with Crippen molar-refractivity contribution in [2.45, 2.75) is 6.42 Å². The zero-order valence-electron chi connectivity index (χ0n) is 24.3. The summed E-state index contributed by atoms with van der Waals surface area (Å²) in [5.41, 5.74) is 6.29. The van der Waals surface area contributed by atoms with Gasteiger partial charge in [-0.3, -0.25) is 19.9 Å². The Morgan fingerprint density at radius 1 is 0.957 bits per heavy atom. The van der Waals surface area contributed by atoms with Gasteiger partial charge >= 0.3 is 0 Å². The number of H-pyrrole nitrogens is 2. The molecule has 5 aromatic heterocycles. The Labute approximate surface area is 261 Å². The highest BCUT2D eigenvalue weighted by atomic mass is 32.2. The van der Waals surface area contributed by atoms with Crippen LogP contribution in [0.3, 0.4) is 0 Å².